The van der Waals surface area contributed by atoms with Gasteiger partial charge < -0.3 is 5.32 Å². The second kappa shape index (κ2) is 5.37. The van der Waals surface area contributed by atoms with Gasteiger partial charge in [-0.1, -0.05) is 0 Å². The van der Waals surface area contributed by atoms with Gasteiger partial charge in [0.1, 0.15) is 0 Å². The molecule has 3 nitrogen and oxygen atoms in total. The number of nitrogens with one attached hydrogen (secondary N) is 1. The van der Waals surface area contributed by atoms with Crippen molar-refractivity contribution in [3.8, 4) is 0 Å². The Kier molecular flexibility index (Phi) is 3.86. The highest BCUT2D eigenvalue weighted by molar-refractivity contribution is 9.11. The number of thiophene rings is 1. The van der Waals surface area contributed by atoms with Crippen LogP contribution in [0, 0.1) is 5.95 Å². The molecule has 0 atom stereocenters. The fourth-order valence-electron chi connectivity index (χ4n) is 1.23. The average Bonchev–Trinajstić information content (AvgIpc) is 2.73. The van der Waals surface area contributed by atoms with E-state index < -0.39 is 5.95 Å². The van der Waals surface area contributed by atoms with E-state index in [9.17, 15) is 9.18 Å². The molecular weight excluding hydrogens is 307 g/mol. The van der Waals surface area contributed by atoms with Crippen LogP contribution in [-0.4, -0.2) is 10.9 Å². The number of pyridine rings is 1. The SMILES string of the molecule is O=C(NCc1ccc(Br)s1)c1ccc(F)nc1. The van der Waals surface area contributed by atoms with Gasteiger partial charge in [-0.2, -0.15) is 4.39 Å². The number of rotatable bonds is 3. The van der Waals surface area contributed by atoms with Crippen LogP contribution in [0.1, 0.15) is 15.2 Å². The first-order chi connectivity index (χ1) is 8.15. The van der Waals surface area contributed by atoms with Crippen LogP contribution in [0.3, 0.4) is 0 Å². The normalized spacial score (nSPS) is 10.2. The van der Waals surface area contributed by atoms with Crippen molar-refractivity contribution in [2.24, 2.45) is 0 Å². The number of amides is 1. The average molecular weight is 315 g/mol. The predicted octanol–water partition coefficient (Wildman–Crippen LogP) is 2.97. The molecule has 0 saturated carbocycles. The van der Waals surface area contributed by atoms with E-state index >= 15 is 0 Å². The van der Waals surface area contributed by atoms with E-state index in [2.05, 4.69) is 26.2 Å². The highest BCUT2D eigenvalue weighted by Crippen LogP contribution is 2.21. The van der Waals surface area contributed by atoms with Crippen LogP contribution in [0.25, 0.3) is 0 Å². The quantitative estimate of drug-likeness (QED) is 0.885. The van der Waals surface area contributed by atoms with E-state index in [1.165, 1.54) is 12.3 Å². The summed E-state index contributed by atoms with van der Waals surface area (Å²) in [6.45, 7) is 0.451. The Bertz CT molecular complexity index is 527. The molecule has 0 spiro atoms. The number of hydrogen-bond donors (Lipinski definition) is 1. The first-order valence-corrected chi connectivity index (χ1v) is 6.40. The molecule has 0 aliphatic rings. The third-order valence-electron chi connectivity index (χ3n) is 2.04. The number of carbonyl (C=O) groups is 1. The van der Waals surface area contributed by atoms with Crippen molar-refractivity contribution in [1.82, 2.24) is 10.3 Å². The van der Waals surface area contributed by atoms with Gasteiger partial charge in [0.15, 0.2) is 0 Å². The maximum atomic E-state index is 12.6. The Hall–Kier alpha value is -1.27. The lowest BCUT2D eigenvalue weighted by molar-refractivity contribution is 0.0951. The lowest BCUT2D eigenvalue weighted by atomic mass is 10.2. The molecule has 0 saturated heterocycles. The molecule has 0 unspecified atom stereocenters. The summed E-state index contributed by atoms with van der Waals surface area (Å²) >= 11 is 4.90. The van der Waals surface area contributed by atoms with Crippen LogP contribution in [-0.2, 0) is 6.54 Å². The van der Waals surface area contributed by atoms with Gasteiger partial charge >= 0.3 is 0 Å². The first kappa shape index (κ1) is 12.2. The van der Waals surface area contributed by atoms with Crippen molar-refractivity contribution in [3.63, 3.8) is 0 Å². The second-order valence-electron chi connectivity index (χ2n) is 3.26. The number of aromatic nitrogens is 1. The topological polar surface area (TPSA) is 42.0 Å². The van der Waals surface area contributed by atoms with Gasteiger partial charge in [0, 0.05) is 11.1 Å². The zero-order valence-corrected chi connectivity index (χ0v) is 11.0. The summed E-state index contributed by atoms with van der Waals surface area (Å²) in [4.78, 5) is 16.1. The number of carbonyl (C=O) groups excluding carboxylic acids is 1. The largest absolute Gasteiger partial charge is 0.347 e. The molecule has 0 radical (unpaired) electrons. The number of halogens is 2. The molecule has 2 heterocycles. The van der Waals surface area contributed by atoms with E-state index in [1.807, 2.05) is 12.1 Å². The number of hydrogen-bond acceptors (Lipinski definition) is 3. The van der Waals surface area contributed by atoms with E-state index in [1.54, 1.807) is 11.3 Å². The fraction of sp³-hybridized carbons (Fsp3) is 0.0909. The molecule has 2 rings (SSSR count). The summed E-state index contributed by atoms with van der Waals surface area (Å²) in [5.74, 6) is -0.856. The van der Waals surface area contributed by atoms with Gasteiger partial charge in [0.2, 0.25) is 5.95 Å². The Morgan fingerprint density at radius 3 is 2.82 bits per heavy atom. The van der Waals surface area contributed by atoms with E-state index in [-0.39, 0.29) is 5.91 Å². The maximum Gasteiger partial charge on any atom is 0.253 e. The minimum absolute atomic E-state index is 0.262. The second-order valence-corrected chi connectivity index (χ2v) is 5.81. The lowest BCUT2D eigenvalue weighted by Gasteiger charge is -2.02. The molecule has 17 heavy (non-hydrogen) atoms. The molecule has 0 aliphatic heterocycles. The van der Waals surface area contributed by atoms with Crippen LogP contribution in [0.4, 0.5) is 4.39 Å². The van der Waals surface area contributed by atoms with Crippen molar-refractivity contribution < 1.29 is 9.18 Å². The molecule has 1 N–H and O–H groups in total. The third kappa shape index (κ3) is 3.34. The van der Waals surface area contributed by atoms with Crippen LogP contribution < -0.4 is 5.32 Å². The van der Waals surface area contributed by atoms with Crippen molar-refractivity contribution >= 4 is 33.2 Å². The Morgan fingerprint density at radius 2 is 2.24 bits per heavy atom. The van der Waals surface area contributed by atoms with Crippen molar-refractivity contribution in [2.45, 2.75) is 6.54 Å². The van der Waals surface area contributed by atoms with Gasteiger partial charge in [-0.3, -0.25) is 4.79 Å². The van der Waals surface area contributed by atoms with Gasteiger partial charge in [-0.25, -0.2) is 4.98 Å². The molecule has 0 bridgehead atoms. The van der Waals surface area contributed by atoms with Crippen molar-refractivity contribution in [1.29, 1.82) is 0 Å². The van der Waals surface area contributed by atoms with Gasteiger partial charge in [0.05, 0.1) is 15.9 Å². The van der Waals surface area contributed by atoms with E-state index in [0.717, 1.165) is 14.7 Å². The summed E-state index contributed by atoms with van der Waals surface area (Å²) in [5.41, 5.74) is 0.349. The number of nitrogens with zero attached hydrogens (tertiary/aromatic N) is 1. The minimum atomic E-state index is -0.594. The molecule has 1 amide bonds. The van der Waals surface area contributed by atoms with Crippen molar-refractivity contribution in [3.05, 3.63) is 50.6 Å². The molecule has 2 aromatic heterocycles. The highest BCUT2D eigenvalue weighted by Gasteiger charge is 2.06. The van der Waals surface area contributed by atoms with Crippen LogP contribution in [0.15, 0.2) is 34.2 Å². The zero-order valence-electron chi connectivity index (χ0n) is 8.61. The molecular formula is C11H8BrFN2OS. The molecule has 0 aliphatic carbocycles. The Labute approximate surface area is 110 Å². The minimum Gasteiger partial charge on any atom is -0.347 e. The Balaban J connectivity index is 1.95. The van der Waals surface area contributed by atoms with Crippen LogP contribution >= 0.6 is 27.3 Å². The predicted molar refractivity (Wildman–Crippen MR) is 67.4 cm³/mol. The highest BCUT2D eigenvalue weighted by atomic mass is 79.9. The molecule has 6 heteroatoms. The Morgan fingerprint density at radius 1 is 1.41 bits per heavy atom. The fourth-order valence-corrected chi connectivity index (χ4v) is 2.65. The van der Waals surface area contributed by atoms with Crippen molar-refractivity contribution in [2.75, 3.05) is 0 Å². The molecule has 2 aromatic rings. The molecule has 0 aromatic carbocycles. The van der Waals surface area contributed by atoms with Crippen LogP contribution in [0.5, 0.6) is 0 Å². The summed E-state index contributed by atoms with van der Waals surface area (Å²) in [6.07, 6.45) is 1.22. The van der Waals surface area contributed by atoms with E-state index in [4.69, 9.17) is 0 Å². The van der Waals surface area contributed by atoms with E-state index in [0.29, 0.717) is 12.1 Å². The summed E-state index contributed by atoms with van der Waals surface area (Å²) in [6, 6.07) is 6.42. The summed E-state index contributed by atoms with van der Waals surface area (Å²) in [7, 11) is 0. The third-order valence-corrected chi connectivity index (χ3v) is 3.67. The van der Waals surface area contributed by atoms with Gasteiger partial charge in [0.25, 0.3) is 5.91 Å². The lowest BCUT2D eigenvalue weighted by Crippen LogP contribution is -2.22. The first-order valence-electron chi connectivity index (χ1n) is 4.79. The monoisotopic (exact) mass is 314 g/mol. The smallest absolute Gasteiger partial charge is 0.253 e. The summed E-state index contributed by atoms with van der Waals surface area (Å²) < 4.78 is 13.6. The summed E-state index contributed by atoms with van der Waals surface area (Å²) in [5, 5.41) is 2.74. The van der Waals surface area contributed by atoms with Gasteiger partial charge in [-0.15, -0.1) is 11.3 Å². The zero-order chi connectivity index (χ0) is 12.3. The molecule has 88 valence electrons. The van der Waals surface area contributed by atoms with Crippen LogP contribution in [0.2, 0.25) is 0 Å². The molecule has 0 fully saturated rings. The van der Waals surface area contributed by atoms with Gasteiger partial charge in [-0.05, 0) is 40.2 Å². The maximum absolute atomic E-state index is 12.6. The standard InChI is InChI=1S/C11H8BrFN2OS/c12-9-3-2-8(17-9)6-15-11(16)7-1-4-10(13)14-5-7/h1-5H,6H2,(H,15,16).